The lowest BCUT2D eigenvalue weighted by Crippen LogP contribution is -2.44. The Balaban J connectivity index is 2.07. The molecule has 0 unspecified atom stereocenters. The summed E-state index contributed by atoms with van der Waals surface area (Å²) in [6.07, 6.45) is 3.10. The molecule has 1 heterocycles. The Kier molecular flexibility index (Phi) is 4.61. The number of likely N-dealkylation sites (tertiary alicyclic amines) is 1. The minimum absolute atomic E-state index is 0.109. The predicted molar refractivity (Wildman–Crippen MR) is 71.5 cm³/mol. The minimum Gasteiger partial charge on any atom is -0.468 e. The molecule has 1 aromatic carbocycles. The fraction of sp³-hybridized carbons (Fsp3) is 0.500. The zero-order valence-corrected chi connectivity index (χ0v) is 11.3. The van der Waals surface area contributed by atoms with Crippen LogP contribution in [-0.2, 0) is 16.1 Å². The van der Waals surface area contributed by atoms with E-state index in [9.17, 15) is 4.79 Å². The van der Waals surface area contributed by atoms with Gasteiger partial charge >= 0.3 is 5.97 Å². The average molecular weight is 268 g/mol. The van der Waals surface area contributed by atoms with Crippen LogP contribution in [0.1, 0.15) is 24.8 Å². The Morgan fingerprint density at radius 1 is 1.50 bits per heavy atom. The monoisotopic (exact) mass is 267 g/mol. The molecule has 0 aliphatic carbocycles. The number of piperidine rings is 1. The van der Waals surface area contributed by atoms with Gasteiger partial charge in [-0.15, -0.1) is 0 Å². The maximum Gasteiger partial charge on any atom is 0.323 e. The number of hydrogen-bond acceptors (Lipinski definition) is 3. The van der Waals surface area contributed by atoms with Crippen molar-refractivity contribution in [1.82, 2.24) is 4.90 Å². The highest BCUT2D eigenvalue weighted by Gasteiger charge is 2.29. The van der Waals surface area contributed by atoms with Crippen molar-refractivity contribution in [2.75, 3.05) is 13.7 Å². The molecule has 0 saturated carbocycles. The molecular formula is C14H18ClNO2. The molecule has 0 aromatic heterocycles. The minimum atomic E-state index is -0.128. The highest BCUT2D eigenvalue weighted by Crippen LogP contribution is 2.21. The van der Waals surface area contributed by atoms with E-state index in [0.29, 0.717) is 0 Å². The van der Waals surface area contributed by atoms with Crippen LogP contribution in [0.15, 0.2) is 24.3 Å². The van der Waals surface area contributed by atoms with E-state index in [2.05, 4.69) is 4.90 Å². The second-order valence-corrected chi connectivity index (χ2v) is 5.07. The van der Waals surface area contributed by atoms with Crippen molar-refractivity contribution < 1.29 is 9.53 Å². The third-order valence-corrected chi connectivity index (χ3v) is 3.60. The third-order valence-electron chi connectivity index (χ3n) is 3.36. The zero-order chi connectivity index (χ0) is 13.0. The van der Waals surface area contributed by atoms with Crippen LogP contribution < -0.4 is 0 Å². The quantitative estimate of drug-likeness (QED) is 0.789. The van der Waals surface area contributed by atoms with Crippen molar-refractivity contribution in [1.29, 1.82) is 0 Å². The number of carbonyl (C=O) groups is 1. The predicted octanol–water partition coefficient (Wildman–Crippen LogP) is 2.87. The van der Waals surface area contributed by atoms with Gasteiger partial charge in [-0.3, -0.25) is 9.69 Å². The normalized spacial score (nSPS) is 20.7. The summed E-state index contributed by atoms with van der Waals surface area (Å²) in [7, 11) is 1.45. The van der Waals surface area contributed by atoms with Crippen LogP contribution in [0.5, 0.6) is 0 Å². The fourth-order valence-electron chi connectivity index (χ4n) is 2.45. The van der Waals surface area contributed by atoms with Gasteiger partial charge in [0.25, 0.3) is 0 Å². The number of benzene rings is 1. The standard InChI is InChI=1S/C14H18ClNO2/c1-18-14(17)13-7-2-3-8-16(13)10-11-5-4-6-12(15)9-11/h4-6,9,13H,2-3,7-8,10H2,1H3/t13-/m0/s1. The summed E-state index contributed by atoms with van der Waals surface area (Å²) in [5.74, 6) is -0.128. The van der Waals surface area contributed by atoms with Crippen molar-refractivity contribution in [2.45, 2.75) is 31.8 Å². The Morgan fingerprint density at radius 3 is 3.06 bits per heavy atom. The first-order valence-corrected chi connectivity index (χ1v) is 6.65. The molecule has 0 amide bonds. The molecule has 18 heavy (non-hydrogen) atoms. The number of methoxy groups -OCH3 is 1. The topological polar surface area (TPSA) is 29.5 Å². The van der Waals surface area contributed by atoms with Crippen LogP contribution in [0.2, 0.25) is 5.02 Å². The molecule has 1 fully saturated rings. The first-order valence-electron chi connectivity index (χ1n) is 6.27. The van der Waals surface area contributed by atoms with Gasteiger partial charge < -0.3 is 4.74 Å². The molecule has 1 aromatic rings. The van der Waals surface area contributed by atoms with Gasteiger partial charge in [-0.2, -0.15) is 0 Å². The SMILES string of the molecule is COC(=O)[C@@H]1CCCCN1Cc1cccc(Cl)c1. The lowest BCUT2D eigenvalue weighted by atomic mass is 10.0. The summed E-state index contributed by atoms with van der Waals surface area (Å²) in [5, 5.41) is 0.735. The molecule has 1 aliphatic heterocycles. The number of hydrogen-bond donors (Lipinski definition) is 0. The van der Waals surface area contributed by atoms with E-state index in [1.54, 1.807) is 0 Å². The molecule has 2 rings (SSSR count). The molecular weight excluding hydrogens is 250 g/mol. The van der Waals surface area contributed by atoms with Gasteiger partial charge in [0.2, 0.25) is 0 Å². The van der Waals surface area contributed by atoms with E-state index in [0.717, 1.165) is 42.9 Å². The van der Waals surface area contributed by atoms with Gasteiger partial charge in [-0.1, -0.05) is 30.2 Å². The molecule has 98 valence electrons. The fourth-order valence-corrected chi connectivity index (χ4v) is 2.67. The van der Waals surface area contributed by atoms with Gasteiger partial charge in [-0.05, 0) is 37.1 Å². The summed E-state index contributed by atoms with van der Waals surface area (Å²) < 4.78 is 4.87. The van der Waals surface area contributed by atoms with E-state index in [-0.39, 0.29) is 12.0 Å². The van der Waals surface area contributed by atoms with Gasteiger partial charge in [0, 0.05) is 11.6 Å². The Morgan fingerprint density at radius 2 is 2.33 bits per heavy atom. The van der Waals surface area contributed by atoms with Crippen molar-refractivity contribution in [3.8, 4) is 0 Å². The molecule has 1 aliphatic rings. The molecule has 0 N–H and O–H groups in total. The number of esters is 1. The van der Waals surface area contributed by atoms with Crippen LogP contribution in [0.25, 0.3) is 0 Å². The summed E-state index contributed by atoms with van der Waals surface area (Å²) in [6, 6.07) is 7.68. The molecule has 4 heteroatoms. The Hall–Kier alpha value is -1.06. The zero-order valence-electron chi connectivity index (χ0n) is 10.6. The lowest BCUT2D eigenvalue weighted by molar-refractivity contribution is -0.148. The van der Waals surface area contributed by atoms with E-state index in [1.807, 2.05) is 24.3 Å². The highest BCUT2D eigenvalue weighted by molar-refractivity contribution is 6.30. The van der Waals surface area contributed by atoms with Crippen molar-refractivity contribution in [2.24, 2.45) is 0 Å². The van der Waals surface area contributed by atoms with Gasteiger partial charge in [0.1, 0.15) is 6.04 Å². The van der Waals surface area contributed by atoms with E-state index in [4.69, 9.17) is 16.3 Å². The van der Waals surface area contributed by atoms with Crippen molar-refractivity contribution in [3.63, 3.8) is 0 Å². The molecule has 3 nitrogen and oxygen atoms in total. The van der Waals surface area contributed by atoms with Crippen LogP contribution in [0.4, 0.5) is 0 Å². The average Bonchev–Trinajstić information content (AvgIpc) is 2.38. The summed E-state index contributed by atoms with van der Waals surface area (Å²) in [4.78, 5) is 13.9. The lowest BCUT2D eigenvalue weighted by Gasteiger charge is -2.33. The summed E-state index contributed by atoms with van der Waals surface area (Å²) >= 11 is 5.98. The van der Waals surface area contributed by atoms with Crippen molar-refractivity contribution >= 4 is 17.6 Å². The summed E-state index contributed by atoms with van der Waals surface area (Å²) in [6.45, 7) is 1.69. The van der Waals surface area contributed by atoms with E-state index >= 15 is 0 Å². The Labute approximate surface area is 113 Å². The number of carbonyl (C=O) groups excluding carboxylic acids is 1. The maximum absolute atomic E-state index is 11.7. The first kappa shape index (κ1) is 13.4. The van der Waals surface area contributed by atoms with E-state index in [1.165, 1.54) is 7.11 Å². The number of nitrogens with zero attached hydrogens (tertiary/aromatic N) is 1. The van der Waals surface area contributed by atoms with Gasteiger partial charge in [0.15, 0.2) is 0 Å². The van der Waals surface area contributed by atoms with Crippen LogP contribution in [0, 0.1) is 0 Å². The molecule has 1 atom stereocenters. The smallest absolute Gasteiger partial charge is 0.323 e. The van der Waals surface area contributed by atoms with E-state index < -0.39 is 0 Å². The van der Waals surface area contributed by atoms with Crippen LogP contribution in [-0.4, -0.2) is 30.6 Å². The van der Waals surface area contributed by atoms with Crippen LogP contribution in [0.3, 0.4) is 0 Å². The molecule has 0 bridgehead atoms. The molecule has 0 radical (unpaired) electrons. The van der Waals surface area contributed by atoms with Crippen molar-refractivity contribution in [3.05, 3.63) is 34.9 Å². The van der Waals surface area contributed by atoms with Gasteiger partial charge in [-0.25, -0.2) is 0 Å². The third kappa shape index (κ3) is 3.24. The van der Waals surface area contributed by atoms with Crippen LogP contribution >= 0.6 is 11.6 Å². The first-order chi connectivity index (χ1) is 8.70. The second-order valence-electron chi connectivity index (χ2n) is 4.64. The number of ether oxygens (including phenoxy) is 1. The molecule has 1 saturated heterocycles. The molecule has 0 spiro atoms. The maximum atomic E-state index is 11.7. The Bertz CT molecular complexity index is 422. The summed E-state index contributed by atoms with van der Waals surface area (Å²) in [5.41, 5.74) is 1.14. The largest absolute Gasteiger partial charge is 0.468 e. The number of rotatable bonds is 3. The van der Waals surface area contributed by atoms with Gasteiger partial charge in [0.05, 0.1) is 7.11 Å². The highest BCUT2D eigenvalue weighted by atomic mass is 35.5. The number of halogens is 1. The second kappa shape index (κ2) is 6.21.